The van der Waals surface area contributed by atoms with E-state index in [1.807, 2.05) is 11.6 Å². The van der Waals surface area contributed by atoms with Crippen molar-refractivity contribution < 1.29 is 0 Å². The van der Waals surface area contributed by atoms with Crippen LogP contribution in [0, 0.1) is 0 Å². The summed E-state index contributed by atoms with van der Waals surface area (Å²) in [5.41, 5.74) is 0. The van der Waals surface area contributed by atoms with Gasteiger partial charge in [-0.15, -0.1) is 22.7 Å². The minimum atomic E-state index is 0.245. The normalized spacial score (nSPS) is 17.3. The maximum absolute atomic E-state index is 4.44. The summed E-state index contributed by atoms with van der Waals surface area (Å²) < 4.78 is 2.27. The Morgan fingerprint density at radius 3 is 2.76 bits per heavy atom. The van der Waals surface area contributed by atoms with Crippen LogP contribution >= 0.6 is 54.5 Å². The standard InChI is InChI=1S/C11H10Br2N2S2/c12-7-5-8(17-10(7)13)9(15-6-1-2-6)11-14-3-4-16-11/h3-6,9,15H,1-2H2. The topological polar surface area (TPSA) is 24.9 Å². The molecule has 17 heavy (non-hydrogen) atoms. The van der Waals surface area contributed by atoms with Crippen molar-refractivity contribution in [3.8, 4) is 0 Å². The number of thiazole rings is 1. The van der Waals surface area contributed by atoms with E-state index in [1.165, 1.54) is 17.7 Å². The van der Waals surface area contributed by atoms with Gasteiger partial charge in [-0.25, -0.2) is 4.98 Å². The first kappa shape index (κ1) is 12.3. The molecule has 0 radical (unpaired) electrons. The van der Waals surface area contributed by atoms with Crippen LogP contribution in [0.2, 0.25) is 0 Å². The Morgan fingerprint density at radius 1 is 1.41 bits per heavy atom. The largest absolute Gasteiger partial charge is 0.301 e. The average Bonchev–Trinajstić information content (AvgIpc) is 2.84. The molecule has 2 nitrogen and oxygen atoms in total. The molecule has 0 saturated heterocycles. The zero-order valence-electron chi connectivity index (χ0n) is 8.82. The van der Waals surface area contributed by atoms with E-state index in [1.54, 1.807) is 22.7 Å². The zero-order valence-corrected chi connectivity index (χ0v) is 13.6. The highest BCUT2D eigenvalue weighted by Gasteiger charge is 2.28. The van der Waals surface area contributed by atoms with Gasteiger partial charge in [0.1, 0.15) is 5.01 Å². The Bertz CT molecular complexity index is 486. The lowest BCUT2D eigenvalue weighted by atomic mass is 10.2. The molecule has 0 spiro atoms. The molecule has 2 aromatic heterocycles. The molecule has 0 bridgehead atoms. The van der Waals surface area contributed by atoms with E-state index in [4.69, 9.17) is 0 Å². The Kier molecular flexibility index (Phi) is 3.68. The van der Waals surface area contributed by atoms with Gasteiger partial charge in [0, 0.05) is 27.0 Å². The average molecular weight is 394 g/mol. The van der Waals surface area contributed by atoms with E-state index < -0.39 is 0 Å². The minimum absolute atomic E-state index is 0.245. The molecule has 1 N–H and O–H groups in total. The van der Waals surface area contributed by atoms with Gasteiger partial charge in [-0.3, -0.25) is 0 Å². The van der Waals surface area contributed by atoms with Crippen molar-refractivity contribution in [1.29, 1.82) is 0 Å². The van der Waals surface area contributed by atoms with Crippen molar-refractivity contribution in [2.75, 3.05) is 0 Å². The highest BCUT2D eigenvalue weighted by Crippen LogP contribution is 2.39. The van der Waals surface area contributed by atoms with Crippen LogP contribution in [-0.4, -0.2) is 11.0 Å². The van der Waals surface area contributed by atoms with Gasteiger partial charge in [0.25, 0.3) is 0 Å². The van der Waals surface area contributed by atoms with Crippen LogP contribution in [0.3, 0.4) is 0 Å². The maximum atomic E-state index is 4.44. The lowest BCUT2D eigenvalue weighted by Gasteiger charge is -2.14. The summed E-state index contributed by atoms with van der Waals surface area (Å²) in [5, 5.41) is 6.85. The third-order valence-electron chi connectivity index (χ3n) is 2.63. The third-order valence-corrected chi connectivity index (χ3v) is 6.79. The van der Waals surface area contributed by atoms with E-state index in [0.29, 0.717) is 6.04 Å². The summed E-state index contributed by atoms with van der Waals surface area (Å²) in [6.45, 7) is 0. The molecule has 90 valence electrons. The van der Waals surface area contributed by atoms with Gasteiger partial charge < -0.3 is 5.32 Å². The molecule has 3 rings (SSSR count). The van der Waals surface area contributed by atoms with E-state index in [0.717, 1.165) is 13.3 Å². The fourth-order valence-electron chi connectivity index (χ4n) is 1.64. The molecule has 1 atom stereocenters. The number of nitrogens with zero attached hydrogens (tertiary/aromatic N) is 1. The molecule has 2 aromatic rings. The number of aromatic nitrogens is 1. The number of halogens is 2. The molecule has 1 unspecified atom stereocenters. The first-order valence-corrected chi connectivity index (χ1v) is 8.62. The summed E-state index contributed by atoms with van der Waals surface area (Å²) in [4.78, 5) is 5.76. The number of thiophene rings is 1. The van der Waals surface area contributed by atoms with Gasteiger partial charge in [-0.1, -0.05) is 0 Å². The Morgan fingerprint density at radius 2 is 2.24 bits per heavy atom. The predicted molar refractivity (Wildman–Crippen MR) is 79.8 cm³/mol. The van der Waals surface area contributed by atoms with Crippen LogP contribution < -0.4 is 5.32 Å². The van der Waals surface area contributed by atoms with E-state index >= 15 is 0 Å². The van der Waals surface area contributed by atoms with Gasteiger partial charge in [0.15, 0.2) is 0 Å². The van der Waals surface area contributed by atoms with Gasteiger partial charge in [0.05, 0.1) is 9.83 Å². The quantitative estimate of drug-likeness (QED) is 0.822. The van der Waals surface area contributed by atoms with Gasteiger partial charge >= 0.3 is 0 Å². The molecule has 6 heteroatoms. The van der Waals surface area contributed by atoms with Gasteiger partial charge in [-0.05, 0) is 50.8 Å². The summed E-state index contributed by atoms with van der Waals surface area (Å²) in [7, 11) is 0. The molecule has 0 aliphatic heterocycles. The lowest BCUT2D eigenvalue weighted by Crippen LogP contribution is -2.23. The second-order valence-corrected chi connectivity index (χ2v) is 8.20. The lowest BCUT2D eigenvalue weighted by molar-refractivity contribution is 0.606. The fourth-order valence-corrected chi connectivity index (χ4v) is 4.59. The van der Waals surface area contributed by atoms with Crippen LogP contribution in [0.4, 0.5) is 0 Å². The van der Waals surface area contributed by atoms with Gasteiger partial charge in [0.2, 0.25) is 0 Å². The molecule has 2 heterocycles. The smallest absolute Gasteiger partial charge is 0.115 e. The number of hydrogen-bond donors (Lipinski definition) is 1. The van der Waals surface area contributed by atoms with Crippen LogP contribution in [0.25, 0.3) is 0 Å². The Balaban J connectivity index is 1.92. The SMILES string of the molecule is Brc1cc(C(NC2CC2)c2nccs2)sc1Br. The summed E-state index contributed by atoms with van der Waals surface area (Å²) in [5.74, 6) is 0. The van der Waals surface area contributed by atoms with Crippen molar-refractivity contribution >= 4 is 54.5 Å². The van der Waals surface area contributed by atoms with Crippen LogP contribution in [0.15, 0.2) is 25.9 Å². The second-order valence-electron chi connectivity index (χ2n) is 4.01. The Hall–Kier alpha value is 0.250. The summed E-state index contributed by atoms with van der Waals surface area (Å²) >= 11 is 10.6. The fraction of sp³-hybridized carbons (Fsp3) is 0.364. The van der Waals surface area contributed by atoms with Crippen molar-refractivity contribution in [1.82, 2.24) is 10.3 Å². The van der Waals surface area contributed by atoms with Crippen LogP contribution in [-0.2, 0) is 0 Å². The Labute approximate surface area is 125 Å². The predicted octanol–water partition coefficient (Wildman–Crippen LogP) is 4.57. The molecular formula is C11H10Br2N2S2. The molecule has 0 amide bonds. The number of nitrogens with one attached hydrogen (secondary N) is 1. The van der Waals surface area contributed by atoms with Gasteiger partial charge in [-0.2, -0.15) is 0 Å². The monoisotopic (exact) mass is 392 g/mol. The molecule has 1 aliphatic rings. The third kappa shape index (κ3) is 2.81. The van der Waals surface area contributed by atoms with E-state index in [2.05, 4.69) is 48.2 Å². The number of rotatable bonds is 4. The van der Waals surface area contributed by atoms with Crippen molar-refractivity contribution in [3.05, 3.63) is 35.8 Å². The van der Waals surface area contributed by atoms with Crippen molar-refractivity contribution in [2.24, 2.45) is 0 Å². The second kappa shape index (κ2) is 5.09. The zero-order chi connectivity index (χ0) is 11.8. The minimum Gasteiger partial charge on any atom is -0.301 e. The van der Waals surface area contributed by atoms with Crippen LogP contribution in [0.5, 0.6) is 0 Å². The molecule has 1 fully saturated rings. The maximum Gasteiger partial charge on any atom is 0.115 e. The van der Waals surface area contributed by atoms with Crippen molar-refractivity contribution in [2.45, 2.75) is 24.9 Å². The highest BCUT2D eigenvalue weighted by molar-refractivity contribution is 9.13. The number of hydrogen-bond acceptors (Lipinski definition) is 4. The summed E-state index contributed by atoms with van der Waals surface area (Å²) in [6.07, 6.45) is 4.45. The van der Waals surface area contributed by atoms with E-state index in [-0.39, 0.29) is 6.04 Å². The first-order valence-electron chi connectivity index (χ1n) is 5.34. The molecular weight excluding hydrogens is 384 g/mol. The first-order chi connectivity index (χ1) is 8.24. The highest BCUT2D eigenvalue weighted by atomic mass is 79.9. The van der Waals surface area contributed by atoms with Crippen molar-refractivity contribution in [3.63, 3.8) is 0 Å². The van der Waals surface area contributed by atoms with E-state index in [9.17, 15) is 0 Å². The van der Waals surface area contributed by atoms with Crippen LogP contribution in [0.1, 0.15) is 28.8 Å². The summed E-state index contributed by atoms with van der Waals surface area (Å²) in [6, 6.07) is 3.09. The molecule has 1 saturated carbocycles. The molecule has 1 aliphatic carbocycles. The molecule has 0 aromatic carbocycles.